The standard InChI is InChI=1S/C25H31N5O3/c1-27-11-13-28(14-12-27)25(33)20-15-22(26-21-6-3-2-5-19(20)21)18-8-10-30(16-18)24(32)17-29-9-4-7-23(29)31/h2-3,5-6,15,18H,4,7-14,16-17H2,1H3. The minimum absolute atomic E-state index is 0.00211. The van der Waals surface area contributed by atoms with Crippen molar-refractivity contribution in [3.63, 3.8) is 0 Å². The predicted molar refractivity (Wildman–Crippen MR) is 125 cm³/mol. The lowest BCUT2D eigenvalue weighted by Crippen LogP contribution is -2.47. The van der Waals surface area contributed by atoms with Crippen LogP contribution in [0.1, 0.15) is 41.2 Å². The van der Waals surface area contributed by atoms with E-state index in [-0.39, 0.29) is 30.2 Å². The van der Waals surface area contributed by atoms with Crippen LogP contribution in [0.15, 0.2) is 30.3 Å². The third-order valence-corrected chi connectivity index (χ3v) is 7.21. The van der Waals surface area contributed by atoms with Crippen LogP contribution in [0.25, 0.3) is 10.9 Å². The second kappa shape index (κ2) is 9.09. The Morgan fingerprint density at radius 1 is 1.03 bits per heavy atom. The molecule has 33 heavy (non-hydrogen) atoms. The second-order valence-corrected chi connectivity index (χ2v) is 9.45. The molecule has 2 aromatic rings. The van der Waals surface area contributed by atoms with Gasteiger partial charge >= 0.3 is 0 Å². The molecule has 3 aliphatic heterocycles. The zero-order chi connectivity index (χ0) is 22.9. The lowest BCUT2D eigenvalue weighted by molar-refractivity contribution is -0.137. The number of likely N-dealkylation sites (N-methyl/N-ethyl adjacent to an activating group) is 1. The van der Waals surface area contributed by atoms with Crippen LogP contribution < -0.4 is 0 Å². The number of benzene rings is 1. The Labute approximate surface area is 194 Å². The number of rotatable bonds is 4. The fourth-order valence-electron chi connectivity index (χ4n) is 5.12. The van der Waals surface area contributed by atoms with Gasteiger partial charge < -0.3 is 19.6 Å². The number of piperazine rings is 1. The van der Waals surface area contributed by atoms with Gasteiger partial charge in [-0.05, 0) is 32.0 Å². The minimum atomic E-state index is 0.00211. The number of amides is 3. The van der Waals surface area contributed by atoms with Crippen molar-refractivity contribution >= 4 is 28.6 Å². The number of carbonyl (C=O) groups is 3. The molecule has 0 saturated carbocycles. The van der Waals surface area contributed by atoms with Crippen LogP contribution in [-0.4, -0.2) is 102 Å². The summed E-state index contributed by atoms with van der Waals surface area (Å²) in [5.41, 5.74) is 2.39. The van der Waals surface area contributed by atoms with E-state index in [0.717, 1.165) is 55.6 Å². The molecule has 1 atom stereocenters. The lowest BCUT2D eigenvalue weighted by Gasteiger charge is -2.32. The summed E-state index contributed by atoms with van der Waals surface area (Å²) in [5.74, 6) is 0.220. The molecule has 3 fully saturated rings. The van der Waals surface area contributed by atoms with E-state index in [1.54, 1.807) is 4.90 Å². The van der Waals surface area contributed by atoms with Crippen LogP contribution in [0, 0.1) is 0 Å². The highest BCUT2D eigenvalue weighted by Crippen LogP contribution is 2.30. The van der Waals surface area contributed by atoms with E-state index in [1.165, 1.54) is 0 Å². The smallest absolute Gasteiger partial charge is 0.254 e. The van der Waals surface area contributed by atoms with Crippen molar-refractivity contribution in [2.24, 2.45) is 0 Å². The molecule has 8 heteroatoms. The largest absolute Gasteiger partial charge is 0.340 e. The Kier molecular flexibility index (Phi) is 6.01. The van der Waals surface area contributed by atoms with E-state index < -0.39 is 0 Å². The average molecular weight is 450 g/mol. The SMILES string of the molecule is CN1CCN(C(=O)c2cc(C3CCN(C(=O)CN4CCCC4=O)C3)nc3ccccc23)CC1. The molecule has 3 saturated heterocycles. The highest BCUT2D eigenvalue weighted by atomic mass is 16.2. The molecule has 0 spiro atoms. The molecule has 0 radical (unpaired) electrons. The number of nitrogens with zero attached hydrogens (tertiary/aromatic N) is 5. The van der Waals surface area contributed by atoms with Crippen molar-refractivity contribution in [2.45, 2.75) is 25.2 Å². The highest BCUT2D eigenvalue weighted by Gasteiger charge is 2.32. The van der Waals surface area contributed by atoms with Gasteiger partial charge in [0.15, 0.2) is 0 Å². The molecule has 1 unspecified atom stereocenters. The molecular formula is C25H31N5O3. The maximum atomic E-state index is 13.5. The van der Waals surface area contributed by atoms with Gasteiger partial charge in [-0.1, -0.05) is 18.2 Å². The molecule has 4 heterocycles. The summed E-state index contributed by atoms with van der Waals surface area (Å²) in [5, 5.41) is 0.878. The van der Waals surface area contributed by atoms with Crippen molar-refractivity contribution in [1.29, 1.82) is 0 Å². The zero-order valence-electron chi connectivity index (χ0n) is 19.2. The molecule has 1 aromatic carbocycles. The zero-order valence-corrected chi connectivity index (χ0v) is 19.2. The van der Waals surface area contributed by atoms with Gasteiger partial charge in [-0.2, -0.15) is 0 Å². The predicted octanol–water partition coefficient (Wildman–Crippen LogP) is 1.56. The van der Waals surface area contributed by atoms with Gasteiger partial charge in [0.25, 0.3) is 5.91 Å². The molecule has 0 aliphatic carbocycles. The number of para-hydroxylation sites is 1. The molecule has 3 aliphatic rings. The third-order valence-electron chi connectivity index (χ3n) is 7.21. The first-order valence-corrected chi connectivity index (χ1v) is 11.9. The van der Waals surface area contributed by atoms with E-state index in [2.05, 4.69) is 11.9 Å². The minimum Gasteiger partial charge on any atom is -0.340 e. The van der Waals surface area contributed by atoms with E-state index in [1.807, 2.05) is 40.1 Å². The number of hydrogen-bond donors (Lipinski definition) is 0. The molecule has 5 rings (SSSR count). The summed E-state index contributed by atoms with van der Waals surface area (Å²) in [4.78, 5) is 50.7. The van der Waals surface area contributed by atoms with Crippen LogP contribution in [0.4, 0.5) is 0 Å². The first-order chi connectivity index (χ1) is 16.0. The molecule has 8 nitrogen and oxygen atoms in total. The summed E-state index contributed by atoms with van der Waals surface area (Å²) >= 11 is 0. The number of hydrogen-bond acceptors (Lipinski definition) is 5. The summed E-state index contributed by atoms with van der Waals surface area (Å²) < 4.78 is 0. The molecule has 1 aromatic heterocycles. The van der Waals surface area contributed by atoms with Gasteiger partial charge in [0.05, 0.1) is 17.6 Å². The summed E-state index contributed by atoms with van der Waals surface area (Å²) in [6.07, 6.45) is 2.19. The Morgan fingerprint density at radius 3 is 2.58 bits per heavy atom. The van der Waals surface area contributed by atoms with Gasteiger partial charge in [-0.25, -0.2) is 0 Å². The molecule has 3 amide bonds. The second-order valence-electron chi connectivity index (χ2n) is 9.45. The summed E-state index contributed by atoms with van der Waals surface area (Å²) in [6, 6.07) is 9.76. The number of fused-ring (bicyclic) bond motifs is 1. The number of aromatic nitrogens is 1. The lowest BCUT2D eigenvalue weighted by atomic mass is 9.98. The van der Waals surface area contributed by atoms with Crippen molar-refractivity contribution in [3.8, 4) is 0 Å². The average Bonchev–Trinajstić information content (AvgIpc) is 3.48. The third kappa shape index (κ3) is 4.44. The van der Waals surface area contributed by atoms with Crippen LogP contribution in [0.5, 0.6) is 0 Å². The van der Waals surface area contributed by atoms with E-state index >= 15 is 0 Å². The van der Waals surface area contributed by atoms with Gasteiger partial charge in [-0.15, -0.1) is 0 Å². The normalized spacial score (nSPS) is 21.9. The Bertz CT molecular complexity index is 1080. The topological polar surface area (TPSA) is 77.1 Å². The van der Waals surface area contributed by atoms with Crippen molar-refractivity contribution in [1.82, 2.24) is 24.6 Å². The molecule has 174 valence electrons. The molecular weight excluding hydrogens is 418 g/mol. The molecule has 0 N–H and O–H groups in total. The van der Waals surface area contributed by atoms with Crippen LogP contribution in [-0.2, 0) is 9.59 Å². The number of carbonyl (C=O) groups excluding carboxylic acids is 3. The summed E-state index contributed by atoms with van der Waals surface area (Å²) in [6.45, 7) is 5.28. The van der Waals surface area contributed by atoms with Crippen molar-refractivity contribution in [3.05, 3.63) is 41.6 Å². The first-order valence-electron chi connectivity index (χ1n) is 11.9. The quantitative estimate of drug-likeness (QED) is 0.708. The van der Waals surface area contributed by atoms with Gasteiger partial charge in [-0.3, -0.25) is 19.4 Å². The summed E-state index contributed by atoms with van der Waals surface area (Å²) in [7, 11) is 2.08. The Hall–Kier alpha value is -3.00. The maximum Gasteiger partial charge on any atom is 0.254 e. The maximum absolute atomic E-state index is 13.5. The fraction of sp³-hybridized carbons (Fsp3) is 0.520. The van der Waals surface area contributed by atoms with Gasteiger partial charge in [0, 0.05) is 69.2 Å². The van der Waals surface area contributed by atoms with E-state index in [9.17, 15) is 14.4 Å². The van der Waals surface area contributed by atoms with Gasteiger partial charge in [0.2, 0.25) is 11.8 Å². The first kappa shape index (κ1) is 21.8. The van der Waals surface area contributed by atoms with E-state index in [0.29, 0.717) is 31.6 Å². The van der Waals surface area contributed by atoms with Crippen molar-refractivity contribution in [2.75, 3.05) is 59.4 Å². The number of likely N-dealkylation sites (tertiary alicyclic amines) is 2. The van der Waals surface area contributed by atoms with Crippen molar-refractivity contribution < 1.29 is 14.4 Å². The van der Waals surface area contributed by atoms with E-state index in [4.69, 9.17) is 4.98 Å². The van der Waals surface area contributed by atoms with Gasteiger partial charge in [0.1, 0.15) is 0 Å². The Balaban J connectivity index is 1.36. The number of pyridine rings is 1. The van der Waals surface area contributed by atoms with Crippen LogP contribution in [0.3, 0.4) is 0 Å². The van der Waals surface area contributed by atoms with Crippen LogP contribution >= 0.6 is 0 Å². The molecule has 0 bridgehead atoms. The highest BCUT2D eigenvalue weighted by molar-refractivity contribution is 6.06. The Morgan fingerprint density at radius 2 is 1.82 bits per heavy atom. The monoisotopic (exact) mass is 449 g/mol. The fourth-order valence-corrected chi connectivity index (χ4v) is 5.12. The van der Waals surface area contributed by atoms with Crippen LogP contribution in [0.2, 0.25) is 0 Å².